The molecule has 2 N–H and O–H groups in total. The number of H-pyrrole nitrogens is 1. The number of carbonyl (C=O) groups excluding carboxylic acids is 1. The van der Waals surface area contributed by atoms with Crippen LogP contribution in [0.3, 0.4) is 0 Å². The van der Waals surface area contributed by atoms with E-state index >= 15 is 0 Å². The van der Waals surface area contributed by atoms with Gasteiger partial charge in [-0.2, -0.15) is 0 Å². The molecule has 0 saturated heterocycles. The number of hydrogen-bond acceptors (Lipinski definition) is 3. The summed E-state index contributed by atoms with van der Waals surface area (Å²) in [4.78, 5) is 25.1. The van der Waals surface area contributed by atoms with Gasteiger partial charge in [-0.15, -0.1) is 0 Å². The van der Waals surface area contributed by atoms with Crippen molar-refractivity contribution in [3.05, 3.63) is 64.1 Å². The lowest BCUT2D eigenvalue weighted by Crippen LogP contribution is -2.28. The van der Waals surface area contributed by atoms with Gasteiger partial charge >= 0.3 is 0 Å². The monoisotopic (exact) mass is 286 g/mol. The average molecular weight is 286 g/mol. The zero-order valence-corrected chi connectivity index (χ0v) is 11.9. The molecule has 0 aliphatic rings. The number of ether oxygens (including phenoxy) is 1. The Morgan fingerprint density at radius 1 is 1.19 bits per heavy atom. The molecule has 0 aliphatic carbocycles. The molecule has 1 aromatic heterocycles. The molecule has 0 saturated carbocycles. The highest BCUT2D eigenvalue weighted by atomic mass is 16.5. The standard InChI is InChI=1S/C16H18N2O3/c1-2-12-3-6-14(7-4-12)21-10-9-17-16(20)13-5-8-15(19)18-11-13/h3-8,11H,2,9-10H2,1H3,(H,17,20)(H,18,19). The summed E-state index contributed by atoms with van der Waals surface area (Å²) < 4.78 is 5.54. The van der Waals surface area contributed by atoms with Gasteiger partial charge in [0, 0.05) is 12.3 Å². The number of aromatic amines is 1. The fraction of sp³-hybridized carbons (Fsp3) is 0.250. The Hall–Kier alpha value is -2.56. The van der Waals surface area contributed by atoms with E-state index in [1.54, 1.807) is 0 Å². The summed E-state index contributed by atoms with van der Waals surface area (Å²) in [5.41, 5.74) is 1.45. The highest BCUT2D eigenvalue weighted by molar-refractivity contribution is 5.93. The van der Waals surface area contributed by atoms with Gasteiger partial charge in [-0.05, 0) is 30.2 Å². The molecule has 2 rings (SSSR count). The molecule has 1 aromatic carbocycles. The number of pyridine rings is 1. The molecule has 0 fully saturated rings. The third-order valence-corrected chi connectivity index (χ3v) is 3.03. The minimum absolute atomic E-state index is 0.231. The largest absolute Gasteiger partial charge is 0.492 e. The lowest BCUT2D eigenvalue weighted by Gasteiger charge is -2.08. The molecule has 0 aliphatic heterocycles. The number of benzene rings is 1. The van der Waals surface area contributed by atoms with Crippen LogP contribution in [-0.2, 0) is 6.42 Å². The van der Waals surface area contributed by atoms with Crippen molar-refractivity contribution in [2.45, 2.75) is 13.3 Å². The van der Waals surface area contributed by atoms with Gasteiger partial charge in [0.05, 0.1) is 12.1 Å². The Labute approximate surface area is 123 Å². The summed E-state index contributed by atoms with van der Waals surface area (Å²) in [6, 6.07) is 10.7. The summed E-state index contributed by atoms with van der Waals surface area (Å²) in [6.07, 6.45) is 2.39. The summed E-state index contributed by atoms with van der Waals surface area (Å²) in [5.74, 6) is 0.543. The Bertz CT molecular complexity index is 627. The quantitative estimate of drug-likeness (QED) is 0.795. The topological polar surface area (TPSA) is 71.2 Å². The normalized spacial score (nSPS) is 10.1. The van der Waals surface area contributed by atoms with Crippen molar-refractivity contribution in [2.24, 2.45) is 0 Å². The average Bonchev–Trinajstić information content (AvgIpc) is 2.52. The minimum Gasteiger partial charge on any atom is -0.492 e. The highest BCUT2D eigenvalue weighted by Gasteiger charge is 2.04. The number of amides is 1. The SMILES string of the molecule is CCc1ccc(OCCNC(=O)c2ccc(=O)[nH]c2)cc1. The zero-order chi connectivity index (χ0) is 15.1. The van der Waals surface area contributed by atoms with E-state index in [1.165, 1.54) is 23.9 Å². The summed E-state index contributed by atoms with van der Waals surface area (Å²) in [6.45, 7) is 2.89. The number of nitrogens with one attached hydrogen (secondary N) is 2. The molecule has 0 bridgehead atoms. The number of hydrogen-bond donors (Lipinski definition) is 2. The van der Waals surface area contributed by atoms with Gasteiger partial charge in [-0.1, -0.05) is 19.1 Å². The van der Waals surface area contributed by atoms with Gasteiger partial charge in [0.1, 0.15) is 12.4 Å². The maximum atomic E-state index is 11.8. The molecular weight excluding hydrogens is 268 g/mol. The Morgan fingerprint density at radius 3 is 2.57 bits per heavy atom. The molecular formula is C16H18N2O3. The van der Waals surface area contributed by atoms with Gasteiger partial charge < -0.3 is 15.0 Å². The van der Waals surface area contributed by atoms with Crippen molar-refractivity contribution < 1.29 is 9.53 Å². The molecule has 0 radical (unpaired) electrons. The number of carbonyl (C=O) groups is 1. The molecule has 110 valence electrons. The third kappa shape index (κ3) is 4.49. The van der Waals surface area contributed by atoms with Crippen LogP contribution >= 0.6 is 0 Å². The van der Waals surface area contributed by atoms with Crippen molar-refractivity contribution in [3.63, 3.8) is 0 Å². The summed E-state index contributed by atoms with van der Waals surface area (Å²) >= 11 is 0. The minimum atomic E-state index is -0.240. The summed E-state index contributed by atoms with van der Waals surface area (Å²) in [5, 5.41) is 2.73. The maximum absolute atomic E-state index is 11.8. The molecule has 0 spiro atoms. The van der Waals surface area contributed by atoms with Crippen LogP contribution in [0.2, 0.25) is 0 Å². The molecule has 21 heavy (non-hydrogen) atoms. The van der Waals surface area contributed by atoms with E-state index in [0.717, 1.165) is 12.2 Å². The first kappa shape index (κ1) is 14.8. The Morgan fingerprint density at radius 2 is 1.95 bits per heavy atom. The van der Waals surface area contributed by atoms with Crippen LogP contribution in [0.4, 0.5) is 0 Å². The van der Waals surface area contributed by atoms with Crippen LogP contribution in [0.25, 0.3) is 0 Å². The van der Waals surface area contributed by atoms with E-state index in [9.17, 15) is 9.59 Å². The molecule has 2 aromatic rings. The van der Waals surface area contributed by atoms with Crippen LogP contribution in [0, 0.1) is 0 Å². The molecule has 0 atom stereocenters. The van der Waals surface area contributed by atoms with Gasteiger partial charge in [-0.3, -0.25) is 9.59 Å². The lowest BCUT2D eigenvalue weighted by molar-refractivity contribution is 0.0946. The molecule has 1 amide bonds. The van der Waals surface area contributed by atoms with E-state index < -0.39 is 0 Å². The first-order chi connectivity index (χ1) is 10.2. The van der Waals surface area contributed by atoms with Crippen molar-refractivity contribution in [3.8, 4) is 5.75 Å². The second kappa shape index (κ2) is 7.28. The predicted octanol–water partition coefficient (Wildman–Crippen LogP) is 1.75. The van der Waals surface area contributed by atoms with Crippen molar-refractivity contribution in [1.29, 1.82) is 0 Å². The lowest BCUT2D eigenvalue weighted by atomic mass is 10.2. The second-order valence-corrected chi connectivity index (χ2v) is 4.54. The van der Waals surface area contributed by atoms with Crippen molar-refractivity contribution >= 4 is 5.91 Å². The van der Waals surface area contributed by atoms with Crippen molar-refractivity contribution in [1.82, 2.24) is 10.3 Å². The van der Waals surface area contributed by atoms with Crippen LogP contribution < -0.4 is 15.6 Å². The van der Waals surface area contributed by atoms with Gasteiger partial charge in [-0.25, -0.2) is 0 Å². The third-order valence-electron chi connectivity index (χ3n) is 3.03. The number of aromatic nitrogens is 1. The van der Waals surface area contributed by atoms with Gasteiger partial charge in [0.15, 0.2) is 0 Å². The van der Waals surface area contributed by atoms with Crippen molar-refractivity contribution in [2.75, 3.05) is 13.2 Å². The summed E-state index contributed by atoms with van der Waals surface area (Å²) in [7, 11) is 0. The fourth-order valence-corrected chi connectivity index (χ4v) is 1.81. The molecule has 1 heterocycles. The van der Waals surface area contributed by atoms with Crippen LogP contribution in [0.1, 0.15) is 22.8 Å². The van der Waals surface area contributed by atoms with Crippen LogP contribution in [0.15, 0.2) is 47.4 Å². The van der Waals surface area contributed by atoms with E-state index in [2.05, 4.69) is 17.2 Å². The highest BCUT2D eigenvalue weighted by Crippen LogP contribution is 2.12. The van der Waals surface area contributed by atoms with E-state index in [-0.39, 0.29) is 11.5 Å². The van der Waals surface area contributed by atoms with Gasteiger partial charge in [0.25, 0.3) is 5.91 Å². The zero-order valence-electron chi connectivity index (χ0n) is 11.9. The number of rotatable bonds is 6. The predicted molar refractivity (Wildman–Crippen MR) is 80.7 cm³/mol. The first-order valence-electron chi connectivity index (χ1n) is 6.87. The number of aryl methyl sites for hydroxylation is 1. The van der Waals surface area contributed by atoms with E-state index in [4.69, 9.17) is 4.74 Å². The second-order valence-electron chi connectivity index (χ2n) is 4.54. The van der Waals surface area contributed by atoms with E-state index in [1.807, 2.05) is 24.3 Å². The smallest absolute Gasteiger partial charge is 0.252 e. The van der Waals surface area contributed by atoms with Crippen LogP contribution in [0.5, 0.6) is 5.75 Å². The fourth-order valence-electron chi connectivity index (χ4n) is 1.81. The molecule has 0 unspecified atom stereocenters. The first-order valence-corrected chi connectivity index (χ1v) is 6.87. The molecule has 5 nitrogen and oxygen atoms in total. The van der Waals surface area contributed by atoms with Gasteiger partial charge in [0.2, 0.25) is 5.56 Å². The Balaban J connectivity index is 1.75. The van der Waals surface area contributed by atoms with E-state index in [0.29, 0.717) is 18.7 Å². The van der Waals surface area contributed by atoms with Crippen LogP contribution in [-0.4, -0.2) is 24.0 Å². The maximum Gasteiger partial charge on any atom is 0.252 e. The Kier molecular flexibility index (Phi) is 5.15. The molecule has 5 heteroatoms.